The third-order valence-electron chi connectivity index (χ3n) is 5.21. The van der Waals surface area contributed by atoms with Gasteiger partial charge in [-0.05, 0) is 72.2 Å². The molecule has 2 aliphatic rings. The lowest BCUT2D eigenvalue weighted by Gasteiger charge is -2.34. The maximum absolute atomic E-state index is 12.3. The number of rotatable bonds is 3. The SMILES string of the molecule is CN1CCC[C@H](Oc2cccnc2C2CCN(C(=O)OC(C)(C)C)CC2)C1. The number of amides is 1. The molecular weight excluding hydrogens is 342 g/mol. The molecule has 2 aliphatic heterocycles. The second kappa shape index (κ2) is 8.46. The number of likely N-dealkylation sites (N-methyl/N-ethyl adjacent to an activating group) is 1. The summed E-state index contributed by atoms with van der Waals surface area (Å²) in [6, 6.07) is 3.98. The number of carbonyl (C=O) groups excluding carboxylic acids is 1. The Labute approximate surface area is 162 Å². The number of aromatic nitrogens is 1. The van der Waals surface area contributed by atoms with Crippen molar-refractivity contribution in [2.45, 2.75) is 64.1 Å². The molecule has 3 rings (SSSR count). The zero-order valence-corrected chi connectivity index (χ0v) is 17.1. The van der Waals surface area contributed by atoms with Gasteiger partial charge in [0.15, 0.2) is 0 Å². The van der Waals surface area contributed by atoms with Crippen LogP contribution in [0.5, 0.6) is 5.75 Å². The summed E-state index contributed by atoms with van der Waals surface area (Å²) in [6.07, 6.45) is 5.89. The van der Waals surface area contributed by atoms with Gasteiger partial charge < -0.3 is 19.3 Å². The van der Waals surface area contributed by atoms with E-state index in [0.717, 1.165) is 43.8 Å². The van der Waals surface area contributed by atoms with E-state index in [1.165, 1.54) is 6.42 Å². The number of carbonyl (C=O) groups is 1. The van der Waals surface area contributed by atoms with Gasteiger partial charge in [0, 0.05) is 31.7 Å². The minimum atomic E-state index is -0.455. The van der Waals surface area contributed by atoms with Crippen molar-refractivity contribution in [3.8, 4) is 5.75 Å². The van der Waals surface area contributed by atoms with Crippen molar-refractivity contribution in [1.82, 2.24) is 14.8 Å². The summed E-state index contributed by atoms with van der Waals surface area (Å²) in [5.41, 5.74) is 0.581. The van der Waals surface area contributed by atoms with Crippen LogP contribution in [0.1, 0.15) is 58.1 Å². The highest BCUT2D eigenvalue weighted by Gasteiger charge is 2.30. The molecule has 1 amide bonds. The van der Waals surface area contributed by atoms with Crippen molar-refractivity contribution in [1.29, 1.82) is 0 Å². The van der Waals surface area contributed by atoms with Gasteiger partial charge in [-0.1, -0.05) is 0 Å². The van der Waals surface area contributed by atoms with E-state index >= 15 is 0 Å². The van der Waals surface area contributed by atoms with E-state index in [-0.39, 0.29) is 12.2 Å². The fraction of sp³-hybridized carbons (Fsp3) is 0.714. The van der Waals surface area contributed by atoms with Crippen LogP contribution in [0.15, 0.2) is 18.3 Å². The number of piperidine rings is 2. The van der Waals surface area contributed by atoms with Crippen molar-refractivity contribution >= 4 is 6.09 Å². The van der Waals surface area contributed by atoms with Gasteiger partial charge in [-0.15, -0.1) is 0 Å². The predicted molar refractivity (Wildman–Crippen MR) is 105 cm³/mol. The Hall–Kier alpha value is -1.82. The van der Waals surface area contributed by atoms with E-state index in [4.69, 9.17) is 9.47 Å². The first-order chi connectivity index (χ1) is 12.8. The number of likely N-dealkylation sites (tertiary alicyclic amines) is 2. The highest BCUT2D eigenvalue weighted by atomic mass is 16.6. The molecular formula is C21H33N3O3. The van der Waals surface area contributed by atoms with Gasteiger partial charge in [-0.25, -0.2) is 4.79 Å². The van der Waals surface area contributed by atoms with Crippen LogP contribution in [0.3, 0.4) is 0 Å². The summed E-state index contributed by atoms with van der Waals surface area (Å²) in [5, 5.41) is 0. The number of hydrogen-bond acceptors (Lipinski definition) is 5. The van der Waals surface area contributed by atoms with Crippen molar-refractivity contribution in [3.63, 3.8) is 0 Å². The van der Waals surface area contributed by atoms with Gasteiger partial charge in [0.05, 0.1) is 5.69 Å². The van der Waals surface area contributed by atoms with Crippen LogP contribution >= 0.6 is 0 Å². The second-order valence-corrected chi connectivity index (χ2v) is 8.77. The molecule has 0 aliphatic carbocycles. The maximum atomic E-state index is 12.3. The summed E-state index contributed by atoms with van der Waals surface area (Å²) in [7, 11) is 2.14. The number of nitrogens with zero attached hydrogens (tertiary/aromatic N) is 3. The van der Waals surface area contributed by atoms with Crippen LogP contribution in [-0.4, -0.2) is 65.8 Å². The Morgan fingerprint density at radius 3 is 2.59 bits per heavy atom. The quantitative estimate of drug-likeness (QED) is 0.807. The lowest BCUT2D eigenvalue weighted by Crippen LogP contribution is -2.41. The maximum Gasteiger partial charge on any atom is 0.410 e. The van der Waals surface area contributed by atoms with Crippen molar-refractivity contribution in [2.75, 3.05) is 33.2 Å². The summed E-state index contributed by atoms with van der Waals surface area (Å²) >= 11 is 0. The normalized spacial score (nSPS) is 22.5. The Kier molecular flexibility index (Phi) is 6.25. The van der Waals surface area contributed by atoms with Gasteiger partial charge in [-0.3, -0.25) is 4.98 Å². The predicted octanol–water partition coefficient (Wildman–Crippen LogP) is 3.67. The number of pyridine rings is 1. The molecule has 3 heterocycles. The molecule has 0 saturated carbocycles. The number of ether oxygens (including phenoxy) is 2. The van der Waals surface area contributed by atoms with Crippen molar-refractivity contribution < 1.29 is 14.3 Å². The lowest BCUT2D eigenvalue weighted by atomic mass is 9.92. The molecule has 1 aromatic heterocycles. The molecule has 0 aromatic carbocycles. The Balaban J connectivity index is 1.60. The summed E-state index contributed by atoms with van der Waals surface area (Å²) in [4.78, 5) is 21.0. The average Bonchev–Trinajstić information content (AvgIpc) is 2.61. The van der Waals surface area contributed by atoms with Crippen LogP contribution < -0.4 is 4.74 Å². The van der Waals surface area contributed by atoms with E-state index in [1.54, 1.807) is 4.90 Å². The molecule has 1 atom stereocenters. The fourth-order valence-corrected chi connectivity index (χ4v) is 3.87. The topological polar surface area (TPSA) is 54.9 Å². The molecule has 0 spiro atoms. The highest BCUT2D eigenvalue weighted by Crippen LogP contribution is 2.34. The standard InChI is InChI=1S/C21H33N3O3/c1-21(2,3)27-20(25)24-13-9-16(10-14-24)19-18(8-5-11-22-19)26-17-7-6-12-23(4)15-17/h5,8,11,16-17H,6-7,9-10,12-15H2,1-4H3/t17-/m0/s1. The van der Waals surface area contributed by atoms with Crippen LogP contribution in [0, 0.1) is 0 Å². The molecule has 2 saturated heterocycles. The van der Waals surface area contributed by atoms with Gasteiger partial charge in [0.1, 0.15) is 17.5 Å². The molecule has 2 fully saturated rings. The van der Waals surface area contributed by atoms with E-state index in [2.05, 4.69) is 16.9 Å². The summed E-state index contributed by atoms with van der Waals surface area (Å²) in [5.74, 6) is 1.23. The van der Waals surface area contributed by atoms with Crippen molar-refractivity contribution in [3.05, 3.63) is 24.0 Å². The van der Waals surface area contributed by atoms with Crippen molar-refractivity contribution in [2.24, 2.45) is 0 Å². The van der Waals surface area contributed by atoms with E-state index in [0.29, 0.717) is 19.0 Å². The van der Waals surface area contributed by atoms with E-state index in [1.807, 2.05) is 39.1 Å². The minimum Gasteiger partial charge on any atom is -0.487 e. The van der Waals surface area contributed by atoms with Crippen LogP contribution in [0.4, 0.5) is 4.79 Å². The molecule has 6 heteroatoms. The van der Waals surface area contributed by atoms with E-state index in [9.17, 15) is 4.79 Å². The Morgan fingerprint density at radius 1 is 1.19 bits per heavy atom. The van der Waals surface area contributed by atoms with Gasteiger partial charge in [0.2, 0.25) is 0 Å². The monoisotopic (exact) mass is 375 g/mol. The fourth-order valence-electron chi connectivity index (χ4n) is 3.87. The Morgan fingerprint density at radius 2 is 1.93 bits per heavy atom. The first-order valence-electron chi connectivity index (χ1n) is 10.1. The van der Waals surface area contributed by atoms with E-state index < -0.39 is 5.60 Å². The molecule has 0 radical (unpaired) electrons. The molecule has 0 unspecified atom stereocenters. The number of hydrogen-bond donors (Lipinski definition) is 0. The third kappa shape index (κ3) is 5.58. The molecule has 6 nitrogen and oxygen atoms in total. The molecule has 0 bridgehead atoms. The van der Waals surface area contributed by atoms with Crippen LogP contribution in [-0.2, 0) is 4.74 Å². The van der Waals surface area contributed by atoms with Crippen LogP contribution in [0.2, 0.25) is 0 Å². The van der Waals surface area contributed by atoms with Gasteiger partial charge >= 0.3 is 6.09 Å². The smallest absolute Gasteiger partial charge is 0.410 e. The molecule has 27 heavy (non-hydrogen) atoms. The largest absolute Gasteiger partial charge is 0.487 e. The lowest BCUT2D eigenvalue weighted by molar-refractivity contribution is 0.0203. The Bertz CT molecular complexity index is 636. The summed E-state index contributed by atoms with van der Waals surface area (Å²) < 4.78 is 11.8. The minimum absolute atomic E-state index is 0.219. The first kappa shape index (κ1) is 19.9. The van der Waals surface area contributed by atoms with Gasteiger partial charge in [-0.2, -0.15) is 0 Å². The summed E-state index contributed by atoms with van der Waals surface area (Å²) in [6.45, 7) is 9.20. The molecule has 1 aromatic rings. The van der Waals surface area contributed by atoms with Gasteiger partial charge in [0.25, 0.3) is 0 Å². The third-order valence-corrected chi connectivity index (χ3v) is 5.21. The zero-order chi connectivity index (χ0) is 19.4. The first-order valence-corrected chi connectivity index (χ1v) is 10.1. The zero-order valence-electron chi connectivity index (χ0n) is 17.1. The van der Waals surface area contributed by atoms with Crippen LogP contribution in [0.25, 0.3) is 0 Å². The molecule has 0 N–H and O–H groups in total. The highest BCUT2D eigenvalue weighted by molar-refractivity contribution is 5.68. The second-order valence-electron chi connectivity index (χ2n) is 8.77. The molecule has 150 valence electrons. The average molecular weight is 376 g/mol.